The van der Waals surface area contributed by atoms with Gasteiger partial charge in [0.1, 0.15) is 0 Å². The second kappa shape index (κ2) is 26.9. The van der Waals surface area contributed by atoms with E-state index in [1.807, 2.05) is 0 Å². The van der Waals surface area contributed by atoms with Crippen molar-refractivity contribution in [1.82, 2.24) is 0 Å². The lowest BCUT2D eigenvalue weighted by atomic mass is 10.0. The van der Waals surface area contributed by atoms with Crippen molar-refractivity contribution in [2.45, 2.75) is 154 Å². The molecule has 0 aromatic heterocycles. The molecule has 1 N–H and O–H groups in total. The predicted molar refractivity (Wildman–Crippen MR) is 149 cm³/mol. The van der Waals surface area contributed by atoms with Crippen molar-refractivity contribution in [1.29, 1.82) is 0 Å². The lowest BCUT2D eigenvalue weighted by Crippen LogP contribution is -2.15. The summed E-state index contributed by atoms with van der Waals surface area (Å²) in [6, 6.07) is 0. The molecule has 0 aromatic carbocycles. The molecule has 1 fully saturated rings. The molecular formula is C31H62O4. The molecular weight excluding hydrogens is 436 g/mol. The third-order valence-corrected chi connectivity index (χ3v) is 7.41. The molecule has 2 atom stereocenters. The van der Waals surface area contributed by atoms with Gasteiger partial charge in [0.15, 0.2) is 0 Å². The summed E-state index contributed by atoms with van der Waals surface area (Å²) in [5.74, 6) is 0.536. The molecule has 1 rings (SSSR count). The highest BCUT2D eigenvalue weighted by molar-refractivity contribution is 4.73. The van der Waals surface area contributed by atoms with Gasteiger partial charge in [-0.05, 0) is 25.7 Å². The topological polar surface area (TPSA) is 47.9 Å². The van der Waals surface area contributed by atoms with Crippen molar-refractivity contribution in [3.63, 3.8) is 0 Å². The number of aliphatic hydroxyl groups excluding tert-OH is 1. The van der Waals surface area contributed by atoms with E-state index in [2.05, 4.69) is 6.92 Å². The van der Waals surface area contributed by atoms with Gasteiger partial charge >= 0.3 is 0 Å². The minimum atomic E-state index is 0.267. The first kappa shape index (κ1) is 32.9. The Hall–Kier alpha value is -0.160. The second-order valence-corrected chi connectivity index (χ2v) is 11.0. The van der Waals surface area contributed by atoms with E-state index in [4.69, 9.17) is 19.3 Å². The van der Waals surface area contributed by atoms with Crippen molar-refractivity contribution in [2.75, 3.05) is 39.6 Å². The van der Waals surface area contributed by atoms with Gasteiger partial charge in [0.05, 0.1) is 25.9 Å². The fourth-order valence-electron chi connectivity index (χ4n) is 5.08. The maximum Gasteiger partial charge on any atom is 0.0813 e. The number of unbranched alkanes of at least 4 members (excludes halogenated alkanes) is 19. The van der Waals surface area contributed by atoms with E-state index in [9.17, 15) is 0 Å². The Bertz CT molecular complexity index is 403. The first-order chi connectivity index (χ1) is 17.4. The third-order valence-electron chi connectivity index (χ3n) is 7.41. The van der Waals surface area contributed by atoms with Gasteiger partial charge in [-0.3, -0.25) is 0 Å². The van der Waals surface area contributed by atoms with Crippen LogP contribution in [0.1, 0.15) is 148 Å². The highest BCUT2D eigenvalue weighted by Gasteiger charge is 2.25. The van der Waals surface area contributed by atoms with Gasteiger partial charge < -0.3 is 19.3 Å². The van der Waals surface area contributed by atoms with Crippen molar-refractivity contribution < 1.29 is 19.3 Å². The number of aliphatic hydroxyl groups is 1. The Morgan fingerprint density at radius 2 is 1.00 bits per heavy atom. The van der Waals surface area contributed by atoms with Crippen LogP contribution in [0.15, 0.2) is 0 Å². The number of hydrogen-bond acceptors (Lipinski definition) is 4. The zero-order valence-electron chi connectivity index (χ0n) is 23.6. The Morgan fingerprint density at radius 1 is 0.571 bits per heavy atom. The SMILES string of the molecule is CCCCCCCCCCCCCCCCCCOCC1CC(COCCCCCCCO)CO1. The summed E-state index contributed by atoms with van der Waals surface area (Å²) in [7, 11) is 0. The highest BCUT2D eigenvalue weighted by atomic mass is 16.5. The molecule has 0 radical (unpaired) electrons. The molecule has 1 aliphatic rings. The van der Waals surface area contributed by atoms with Crippen molar-refractivity contribution in [3.8, 4) is 0 Å². The van der Waals surface area contributed by atoms with Crippen molar-refractivity contribution >= 4 is 0 Å². The summed E-state index contributed by atoms with van der Waals surface area (Å²) in [6.45, 7) is 6.76. The van der Waals surface area contributed by atoms with Gasteiger partial charge in [-0.2, -0.15) is 0 Å². The van der Waals surface area contributed by atoms with Crippen LogP contribution in [0.4, 0.5) is 0 Å². The summed E-state index contributed by atoms with van der Waals surface area (Å²) in [5.41, 5.74) is 0. The first-order valence-corrected chi connectivity index (χ1v) is 15.7. The zero-order valence-corrected chi connectivity index (χ0v) is 23.6. The maximum atomic E-state index is 8.78. The third kappa shape index (κ3) is 22.7. The van der Waals surface area contributed by atoms with Gasteiger partial charge in [0, 0.05) is 25.7 Å². The van der Waals surface area contributed by atoms with Crippen LogP contribution in [-0.4, -0.2) is 50.9 Å². The van der Waals surface area contributed by atoms with Crippen LogP contribution in [0.2, 0.25) is 0 Å². The Kier molecular flexibility index (Phi) is 25.3. The molecule has 0 amide bonds. The molecule has 210 valence electrons. The zero-order chi connectivity index (χ0) is 25.1. The average Bonchev–Trinajstić information content (AvgIpc) is 3.32. The number of ether oxygens (including phenoxy) is 3. The van der Waals surface area contributed by atoms with Crippen LogP contribution in [0, 0.1) is 5.92 Å². The summed E-state index contributed by atoms with van der Waals surface area (Å²) >= 11 is 0. The predicted octanol–water partition coefficient (Wildman–Crippen LogP) is 8.63. The smallest absolute Gasteiger partial charge is 0.0813 e. The Balaban J connectivity index is 1.73. The first-order valence-electron chi connectivity index (χ1n) is 15.7. The van der Waals surface area contributed by atoms with Crippen LogP contribution in [0.25, 0.3) is 0 Å². The van der Waals surface area contributed by atoms with Gasteiger partial charge in [0.2, 0.25) is 0 Å². The van der Waals surface area contributed by atoms with Crippen LogP contribution < -0.4 is 0 Å². The number of rotatable bonds is 28. The molecule has 0 aliphatic carbocycles. The van der Waals surface area contributed by atoms with Crippen molar-refractivity contribution in [2.24, 2.45) is 5.92 Å². The van der Waals surface area contributed by atoms with E-state index >= 15 is 0 Å². The van der Waals surface area contributed by atoms with Gasteiger partial charge in [-0.15, -0.1) is 0 Å². The monoisotopic (exact) mass is 498 g/mol. The molecule has 0 spiro atoms. The van der Waals surface area contributed by atoms with Gasteiger partial charge in [-0.1, -0.05) is 122 Å². The quantitative estimate of drug-likeness (QED) is 0.110. The minimum absolute atomic E-state index is 0.267. The van der Waals surface area contributed by atoms with E-state index in [1.54, 1.807) is 0 Å². The maximum absolute atomic E-state index is 8.78. The molecule has 2 unspecified atom stereocenters. The fraction of sp³-hybridized carbons (Fsp3) is 1.00. The summed E-state index contributed by atoms with van der Waals surface area (Å²) in [6.07, 6.45) is 29.5. The molecule has 0 aromatic rings. The normalized spacial score (nSPS) is 18.0. The Morgan fingerprint density at radius 3 is 1.49 bits per heavy atom. The fourth-order valence-corrected chi connectivity index (χ4v) is 5.08. The molecule has 35 heavy (non-hydrogen) atoms. The van der Waals surface area contributed by atoms with E-state index in [0.717, 1.165) is 58.7 Å². The number of hydrogen-bond donors (Lipinski definition) is 1. The average molecular weight is 499 g/mol. The molecule has 0 bridgehead atoms. The lowest BCUT2D eigenvalue weighted by molar-refractivity contribution is 0.0141. The van der Waals surface area contributed by atoms with Crippen LogP contribution in [0.3, 0.4) is 0 Å². The van der Waals surface area contributed by atoms with Gasteiger partial charge in [0.25, 0.3) is 0 Å². The molecule has 0 saturated carbocycles. The van der Waals surface area contributed by atoms with E-state index in [-0.39, 0.29) is 6.10 Å². The largest absolute Gasteiger partial charge is 0.396 e. The minimum Gasteiger partial charge on any atom is -0.396 e. The van der Waals surface area contributed by atoms with Crippen LogP contribution in [0.5, 0.6) is 0 Å². The van der Waals surface area contributed by atoms with E-state index < -0.39 is 0 Å². The summed E-state index contributed by atoms with van der Waals surface area (Å²) < 4.78 is 17.6. The van der Waals surface area contributed by atoms with Gasteiger partial charge in [-0.25, -0.2) is 0 Å². The van der Waals surface area contributed by atoms with E-state index in [0.29, 0.717) is 12.5 Å². The van der Waals surface area contributed by atoms with Crippen LogP contribution in [-0.2, 0) is 14.2 Å². The summed E-state index contributed by atoms with van der Waals surface area (Å²) in [5, 5.41) is 8.78. The van der Waals surface area contributed by atoms with Crippen LogP contribution >= 0.6 is 0 Å². The standard InChI is InChI=1S/C31H62O4/c1-2-3-4-5-6-7-8-9-10-11-12-13-14-15-18-22-25-34-29-31-26-30(28-35-31)27-33-24-21-19-16-17-20-23-32/h30-32H,2-29H2,1H3. The lowest BCUT2D eigenvalue weighted by Gasteiger charge is -2.11. The molecule has 1 aliphatic heterocycles. The molecule has 4 nitrogen and oxygen atoms in total. The highest BCUT2D eigenvalue weighted by Crippen LogP contribution is 2.20. The van der Waals surface area contributed by atoms with E-state index in [1.165, 1.54) is 116 Å². The molecule has 1 saturated heterocycles. The van der Waals surface area contributed by atoms with Crippen molar-refractivity contribution in [3.05, 3.63) is 0 Å². The Labute approximate surface area is 219 Å². The molecule has 1 heterocycles. The second-order valence-electron chi connectivity index (χ2n) is 11.0. The summed E-state index contributed by atoms with van der Waals surface area (Å²) in [4.78, 5) is 0. The molecule has 4 heteroatoms.